The number of hydrogen-bond donors (Lipinski definition) is 1. The molecule has 1 aliphatic rings. The van der Waals surface area contributed by atoms with Gasteiger partial charge in [-0.15, -0.1) is 11.3 Å². The predicted molar refractivity (Wildman–Crippen MR) is 125 cm³/mol. The van der Waals surface area contributed by atoms with Crippen LogP contribution in [-0.2, 0) is 17.8 Å². The smallest absolute Gasteiger partial charge is 0.309 e. The number of aryl methyl sites for hydroxylation is 1. The third kappa shape index (κ3) is 4.71. The van der Waals surface area contributed by atoms with Crippen molar-refractivity contribution in [2.24, 2.45) is 5.92 Å². The van der Waals surface area contributed by atoms with Crippen LogP contribution in [0.2, 0.25) is 0 Å². The van der Waals surface area contributed by atoms with Gasteiger partial charge in [0.15, 0.2) is 0 Å². The van der Waals surface area contributed by atoms with Gasteiger partial charge in [0, 0.05) is 36.1 Å². The third-order valence-electron chi connectivity index (χ3n) is 5.69. The lowest BCUT2D eigenvalue weighted by Gasteiger charge is -2.36. The number of aliphatic carboxylic acids is 1. The van der Waals surface area contributed by atoms with Gasteiger partial charge in [0.25, 0.3) is 5.89 Å². The van der Waals surface area contributed by atoms with Crippen molar-refractivity contribution in [3.63, 3.8) is 0 Å². The molecule has 0 aliphatic carbocycles. The molecule has 0 spiro atoms. The topological polar surface area (TPSA) is 88.7 Å². The van der Waals surface area contributed by atoms with Crippen LogP contribution in [0.5, 0.6) is 11.5 Å². The number of halogens is 1. The Morgan fingerprint density at radius 3 is 2.71 bits per heavy atom. The summed E-state index contributed by atoms with van der Waals surface area (Å²) in [7, 11) is 0. The lowest BCUT2D eigenvalue weighted by atomic mass is 10.0. The van der Waals surface area contributed by atoms with Crippen LogP contribution in [0.15, 0.2) is 59.1 Å². The van der Waals surface area contributed by atoms with E-state index in [-0.39, 0.29) is 11.7 Å². The van der Waals surface area contributed by atoms with Crippen LogP contribution >= 0.6 is 11.3 Å². The Kier molecular flexibility index (Phi) is 6.12. The summed E-state index contributed by atoms with van der Waals surface area (Å²) in [5, 5.41) is 13.3. The second-order valence-electron chi connectivity index (χ2n) is 8.16. The van der Waals surface area contributed by atoms with Crippen LogP contribution in [0.1, 0.15) is 17.4 Å². The number of rotatable bonds is 8. The van der Waals surface area contributed by atoms with E-state index in [4.69, 9.17) is 14.4 Å². The van der Waals surface area contributed by atoms with Crippen molar-refractivity contribution in [3.8, 4) is 33.7 Å². The molecule has 1 fully saturated rings. The first-order valence-electron chi connectivity index (χ1n) is 10.9. The van der Waals surface area contributed by atoms with Gasteiger partial charge >= 0.3 is 5.97 Å². The van der Waals surface area contributed by atoms with E-state index in [0.717, 1.165) is 33.8 Å². The molecule has 0 unspecified atom stereocenters. The van der Waals surface area contributed by atoms with Crippen molar-refractivity contribution in [1.29, 1.82) is 0 Å². The van der Waals surface area contributed by atoms with Gasteiger partial charge in [-0.3, -0.25) is 9.69 Å². The minimum atomic E-state index is -0.731. The Morgan fingerprint density at radius 2 is 2.00 bits per heavy atom. The van der Waals surface area contributed by atoms with E-state index in [9.17, 15) is 9.18 Å². The molecule has 0 atom stereocenters. The molecule has 1 aliphatic heterocycles. The lowest BCUT2D eigenvalue weighted by Crippen LogP contribution is -2.49. The van der Waals surface area contributed by atoms with Gasteiger partial charge in [-0.2, -0.15) is 4.98 Å². The molecule has 2 aromatic carbocycles. The summed E-state index contributed by atoms with van der Waals surface area (Å²) >= 11 is 1.61. The molecule has 0 saturated carbocycles. The maximum atomic E-state index is 13.4. The highest BCUT2D eigenvalue weighted by Crippen LogP contribution is 2.35. The maximum absolute atomic E-state index is 13.4. The molecule has 0 radical (unpaired) electrons. The third-order valence-corrected chi connectivity index (χ3v) is 6.85. The predicted octanol–water partition coefficient (Wildman–Crippen LogP) is 5.48. The van der Waals surface area contributed by atoms with Crippen molar-refractivity contribution in [2.45, 2.75) is 19.9 Å². The summed E-state index contributed by atoms with van der Waals surface area (Å²) in [5.41, 5.74) is 1.89. The standard InChI is InChI=1S/C25H22FN3O4S/c1-2-15-10-21(14-29-12-17(13-29)25(30)31)34-22(15)23-27-24(33-28-23)16-6-8-19(9-7-16)32-20-5-3-4-18(26)11-20/h3-11,17H,2,12-14H2,1H3,(H,30,31). The van der Waals surface area contributed by atoms with Gasteiger partial charge < -0.3 is 14.4 Å². The quantitative estimate of drug-likeness (QED) is 0.358. The number of benzene rings is 2. The number of carboxylic acids is 1. The van der Waals surface area contributed by atoms with E-state index >= 15 is 0 Å². The molecule has 7 nitrogen and oxygen atoms in total. The number of carbonyl (C=O) groups is 1. The normalized spacial score (nSPS) is 14.2. The molecule has 9 heteroatoms. The Hall–Kier alpha value is -3.56. The molecule has 174 valence electrons. The second kappa shape index (κ2) is 9.36. The van der Waals surface area contributed by atoms with Gasteiger partial charge in [0.2, 0.25) is 5.82 Å². The van der Waals surface area contributed by atoms with Gasteiger partial charge in [-0.25, -0.2) is 4.39 Å². The van der Waals surface area contributed by atoms with Crippen LogP contribution in [0.25, 0.3) is 22.2 Å². The first kappa shape index (κ1) is 22.2. The number of nitrogens with zero attached hydrogens (tertiary/aromatic N) is 3. The molecule has 1 saturated heterocycles. The van der Waals surface area contributed by atoms with Crippen LogP contribution < -0.4 is 4.74 Å². The second-order valence-corrected chi connectivity index (χ2v) is 9.29. The van der Waals surface area contributed by atoms with Crippen LogP contribution in [0, 0.1) is 11.7 Å². The van der Waals surface area contributed by atoms with E-state index in [1.165, 1.54) is 12.1 Å². The number of aromatic nitrogens is 2. The summed E-state index contributed by atoms with van der Waals surface area (Å²) in [6, 6.07) is 15.3. The number of carboxylic acid groups (broad SMARTS) is 1. The molecule has 2 aromatic heterocycles. The summed E-state index contributed by atoms with van der Waals surface area (Å²) in [4.78, 5) is 19.9. The maximum Gasteiger partial charge on any atom is 0.309 e. The summed E-state index contributed by atoms with van der Waals surface area (Å²) in [5.74, 6) is 0.573. The Balaban J connectivity index is 1.29. The van der Waals surface area contributed by atoms with Gasteiger partial charge in [0.05, 0.1) is 10.8 Å². The van der Waals surface area contributed by atoms with E-state index in [2.05, 4.69) is 28.0 Å². The number of likely N-dealkylation sites (tertiary alicyclic amines) is 1. The zero-order chi connectivity index (χ0) is 23.7. The van der Waals surface area contributed by atoms with E-state index < -0.39 is 5.97 Å². The number of hydrogen-bond acceptors (Lipinski definition) is 7. The minimum Gasteiger partial charge on any atom is -0.481 e. The number of thiophene rings is 1. The van der Waals surface area contributed by atoms with Crippen molar-refractivity contribution >= 4 is 17.3 Å². The average Bonchev–Trinajstić information content (AvgIpc) is 3.43. The van der Waals surface area contributed by atoms with Crippen LogP contribution in [0.4, 0.5) is 4.39 Å². The highest BCUT2D eigenvalue weighted by molar-refractivity contribution is 7.15. The van der Waals surface area contributed by atoms with Crippen molar-refractivity contribution in [3.05, 3.63) is 70.9 Å². The first-order chi connectivity index (χ1) is 16.5. The Morgan fingerprint density at radius 1 is 1.21 bits per heavy atom. The van der Waals surface area contributed by atoms with Gasteiger partial charge in [-0.05, 0) is 54.4 Å². The molecular weight excluding hydrogens is 457 g/mol. The highest BCUT2D eigenvalue weighted by Gasteiger charge is 2.32. The van der Waals surface area contributed by atoms with Crippen molar-refractivity contribution < 1.29 is 23.6 Å². The summed E-state index contributed by atoms with van der Waals surface area (Å²) in [6.45, 7) is 3.96. The van der Waals surface area contributed by atoms with Gasteiger partial charge in [-0.1, -0.05) is 18.1 Å². The molecule has 0 bridgehead atoms. The van der Waals surface area contributed by atoms with Crippen LogP contribution in [0.3, 0.4) is 0 Å². The Bertz CT molecular complexity index is 1310. The van der Waals surface area contributed by atoms with Crippen molar-refractivity contribution in [1.82, 2.24) is 15.0 Å². The molecule has 1 N–H and O–H groups in total. The highest BCUT2D eigenvalue weighted by atomic mass is 32.1. The monoisotopic (exact) mass is 479 g/mol. The van der Waals surface area contributed by atoms with E-state index in [0.29, 0.717) is 36.3 Å². The average molecular weight is 480 g/mol. The zero-order valence-electron chi connectivity index (χ0n) is 18.4. The largest absolute Gasteiger partial charge is 0.481 e. The minimum absolute atomic E-state index is 0.268. The zero-order valence-corrected chi connectivity index (χ0v) is 19.2. The molecule has 5 rings (SSSR count). The molecule has 4 aromatic rings. The molecule has 3 heterocycles. The fraction of sp³-hybridized carbons (Fsp3) is 0.240. The summed E-state index contributed by atoms with van der Waals surface area (Å²) < 4.78 is 24.6. The van der Waals surface area contributed by atoms with E-state index in [1.54, 1.807) is 35.6 Å². The lowest BCUT2D eigenvalue weighted by molar-refractivity contribution is -0.147. The molecule has 34 heavy (non-hydrogen) atoms. The fourth-order valence-corrected chi connectivity index (χ4v) is 5.08. The number of ether oxygens (including phenoxy) is 1. The fourth-order valence-electron chi connectivity index (χ4n) is 3.86. The molecule has 0 amide bonds. The van der Waals surface area contributed by atoms with Crippen molar-refractivity contribution in [2.75, 3.05) is 13.1 Å². The van der Waals surface area contributed by atoms with E-state index in [1.807, 2.05) is 12.1 Å². The summed E-state index contributed by atoms with van der Waals surface area (Å²) in [6.07, 6.45) is 0.833. The first-order valence-corrected chi connectivity index (χ1v) is 11.7. The molecular formula is C25H22FN3O4S. The van der Waals surface area contributed by atoms with Crippen LogP contribution in [-0.4, -0.2) is 39.2 Å². The Labute approximate surface area is 199 Å². The van der Waals surface area contributed by atoms with Gasteiger partial charge in [0.1, 0.15) is 17.3 Å². The SMILES string of the molecule is CCc1cc(CN2CC(C(=O)O)C2)sc1-c1noc(-c2ccc(Oc3cccc(F)c3)cc2)n1.